The number of allylic oxidation sites excluding steroid dienone is 1. The summed E-state index contributed by atoms with van der Waals surface area (Å²) in [4.78, 5) is 2.49. The number of nitrogens with zero attached hydrogens (tertiary/aromatic N) is 1. The van der Waals surface area contributed by atoms with E-state index in [0.29, 0.717) is 12.4 Å². The van der Waals surface area contributed by atoms with Crippen molar-refractivity contribution in [2.24, 2.45) is 5.92 Å². The van der Waals surface area contributed by atoms with Gasteiger partial charge in [-0.15, -0.1) is 0 Å². The van der Waals surface area contributed by atoms with Crippen LogP contribution in [0.1, 0.15) is 49.5 Å². The highest BCUT2D eigenvalue weighted by atomic mass is 16.5. The fourth-order valence-electron chi connectivity index (χ4n) is 5.21. The van der Waals surface area contributed by atoms with Gasteiger partial charge in [-0.05, 0) is 85.3 Å². The fourth-order valence-corrected chi connectivity index (χ4v) is 5.21. The predicted octanol–water partition coefficient (Wildman–Crippen LogP) is 6.27. The third-order valence-electron chi connectivity index (χ3n) is 7.06. The molecule has 0 bridgehead atoms. The molecular formula is C30H33NO4. The number of likely N-dealkylation sites (tertiary alicyclic amines) is 1. The van der Waals surface area contributed by atoms with Gasteiger partial charge in [0.25, 0.3) is 0 Å². The monoisotopic (exact) mass is 471 g/mol. The van der Waals surface area contributed by atoms with Gasteiger partial charge < -0.3 is 19.7 Å². The largest absolute Gasteiger partial charge is 0.508 e. The Morgan fingerprint density at radius 1 is 0.971 bits per heavy atom. The molecular weight excluding hydrogens is 438 g/mol. The number of phenols is 2. The molecule has 2 heterocycles. The van der Waals surface area contributed by atoms with Crippen LogP contribution in [0.25, 0.3) is 11.1 Å². The number of hydrogen-bond acceptors (Lipinski definition) is 5. The molecule has 0 aliphatic carbocycles. The highest BCUT2D eigenvalue weighted by molar-refractivity contribution is 5.95. The van der Waals surface area contributed by atoms with Crippen molar-refractivity contribution in [3.05, 3.63) is 83.4 Å². The standard InChI is InChI=1S/C30H33NO4/c1-20-4-3-15-31(19-20)16-17-34-26-12-7-23(8-13-26)30-29(22-5-9-24(32)10-6-22)21(2)27-14-11-25(33)18-28(27)35-30/h5-14,18,20,30,32-33H,3-4,15-17,19H2,1-2H3. The van der Waals surface area contributed by atoms with Crippen molar-refractivity contribution in [2.45, 2.75) is 32.8 Å². The summed E-state index contributed by atoms with van der Waals surface area (Å²) < 4.78 is 12.5. The normalized spacial score (nSPS) is 20.3. The molecule has 0 amide bonds. The quantitative estimate of drug-likeness (QED) is 0.443. The van der Waals surface area contributed by atoms with Crippen LogP contribution in [0.2, 0.25) is 0 Å². The van der Waals surface area contributed by atoms with E-state index in [9.17, 15) is 10.2 Å². The van der Waals surface area contributed by atoms with E-state index in [1.54, 1.807) is 24.3 Å². The summed E-state index contributed by atoms with van der Waals surface area (Å²) in [5.41, 5.74) is 5.06. The second kappa shape index (κ2) is 10.0. The third-order valence-corrected chi connectivity index (χ3v) is 7.06. The molecule has 2 aliphatic rings. The summed E-state index contributed by atoms with van der Waals surface area (Å²) in [5.74, 6) is 2.68. The first-order valence-corrected chi connectivity index (χ1v) is 12.4. The molecule has 0 aromatic heterocycles. The average molecular weight is 472 g/mol. The van der Waals surface area contributed by atoms with Crippen LogP contribution >= 0.6 is 0 Å². The Labute approximate surface area is 207 Å². The zero-order valence-corrected chi connectivity index (χ0v) is 20.4. The van der Waals surface area contributed by atoms with Gasteiger partial charge in [0.2, 0.25) is 0 Å². The predicted molar refractivity (Wildman–Crippen MR) is 139 cm³/mol. The van der Waals surface area contributed by atoms with Gasteiger partial charge in [-0.25, -0.2) is 0 Å². The van der Waals surface area contributed by atoms with Crippen LogP contribution in [-0.4, -0.2) is 41.4 Å². The maximum atomic E-state index is 10.0. The van der Waals surface area contributed by atoms with Gasteiger partial charge in [0.15, 0.2) is 0 Å². The number of rotatable bonds is 6. The van der Waals surface area contributed by atoms with Crippen LogP contribution in [-0.2, 0) is 0 Å². The molecule has 0 spiro atoms. The van der Waals surface area contributed by atoms with Crippen molar-refractivity contribution in [3.63, 3.8) is 0 Å². The molecule has 3 aromatic carbocycles. The van der Waals surface area contributed by atoms with E-state index in [0.717, 1.165) is 59.1 Å². The molecule has 35 heavy (non-hydrogen) atoms. The molecule has 5 nitrogen and oxygen atoms in total. The number of benzene rings is 3. The minimum atomic E-state index is -0.349. The molecule has 5 heteroatoms. The lowest BCUT2D eigenvalue weighted by Gasteiger charge is -2.31. The van der Waals surface area contributed by atoms with Crippen LogP contribution in [0.5, 0.6) is 23.0 Å². The van der Waals surface area contributed by atoms with Gasteiger partial charge in [-0.2, -0.15) is 0 Å². The molecule has 5 rings (SSSR count). The Morgan fingerprint density at radius 3 is 2.46 bits per heavy atom. The third kappa shape index (κ3) is 5.15. The van der Waals surface area contributed by atoms with Crippen molar-refractivity contribution in [2.75, 3.05) is 26.2 Å². The lowest BCUT2D eigenvalue weighted by molar-refractivity contribution is 0.153. The first kappa shape index (κ1) is 23.3. The summed E-state index contributed by atoms with van der Waals surface area (Å²) in [7, 11) is 0. The van der Waals surface area contributed by atoms with E-state index in [1.165, 1.54) is 12.8 Å². The van der Waals surface area contributed by atoms with Crippen LogP contribution in [0, 0.1) is 5.92 Å². The summed E-state index contributed by atoms with van der Waals surface area (Å²) in [6.07, 6.45) is 2.25. The summed E-state index contributed by atoms with van der Waals surface area (Å²) >= 11 is 0. The second-order valence-corrected chi connectivity index (χ2v) is 9.73. The van der Waals surface area contributed by atoms with E-state index < -0.39 is 0 Å². The Hall–Kier alpha value is -3.44. The molecule has 2 unspecified atom stereocenters. The number of fused-ring (bicyclic) bond motifs is 1. The van der Waals surface area contributed by atoms with Crippen molar-refractivity contribution < 1.29 is 19.7 Å². The Bertz CT molecular complexity index is 1200. The maximum absolute atomic E-state index is 10.0. The highest BCUT2D eigenvalue weighted by Gasteiger charge is 2.29. The van der Waals surface area contributed by atoms with Crippen molar-refractivity contribution in [1.29, 1.82) is 0 Å². The van der Waals surface area contributed by atoms with E-state index in [2.05, 4.69) is 18.7 Å². The zero-order chi connectivity index (χ0) is 24.4. The number of ether oxygens (including phenoxy) is 2. The van der Waals surface area contributed by atoms with Crippen LogP contribution in [0.3, 0.4) is 0 Å². The lowest BCUT2D eigenvalue weighted by atomic mass is 9.86. The van der Waals surface area contributed by atoms with Crippen molar-refractivity contribution >= 4 is 11.1 Å². The van der Waals surface area contributed by atoms with Crippen LogP contribution < -0.4 is 9.47 Å². The van der Waals surface area contributed by atoms with Gasteiger partial charge in [-0.1, -0.05) is 31.2 Å². The number of phenolic OH excluding ortho intramolecular Hbond substituents is 2. The van der Waals surface area contributed by atoms with E-state index in [4.69, 9.17) is 9.47 Å². The highest BCUT2D eigenvalue weighted by Crippen LogP contribution is 2.47. The summed E-state index contributed by atoms with van der Waals surface area (Å²) in [6, 6.07) is 20.5. The number of hydrogen-bond donors (Lipinski definition) is 2. The van der Waals surface area contributed by atoms with E-state index in [1.807, 2.05) is 42.5 Å². The number of aromatic hydroxyl groups is 2. The Morgan fingerprint density at radius 2 is 1.71 bits per heavy atom. The topological polar surface area (TPSA) is 62.2 Å². The van der Waals surface area contributed by atoms with Crippen LogP contribution in [0.15, 0.2) is 66.7 Å². The second-order valence-electron chi connectivity index (χ2n) is 9.73. The minimum absolute atomic E-state index is 0.176. The molecule has 182 valence electrons. The van der Waals surface area contributed by atoms with Crippen molar-refractivity contribution in [1.82, 2.24) is 4.90 Å². The molecule has 2 atom stereocenters. The molecule has 0 radical (unpaired) electrons. The molecule has 2 N–H and O–H groups in total. The minimum Gasteiger partial charge on any atom is -0.508 e. The van der Waals surface area contributed by atoms with E-state index in [-0.39, 0.29) is 17.6 Å². The molecule has 1 saturated heterocycles. The zero-order valence-electron chi connectivity index (χ0n) is 20.4. The Kier molecular flexibility index (Phi) is 6.69. The van der Waals surface area contributed by atoms with E-state index >= 15 is 0 Å². The maximum Gasteiger partial charge on any atom is 0.150 e. The summed E-state index contributed by atoms with van der Waals surface area (Å²) in [6.45, 7) is 8.34. The summed E-state index contributed by atoms with van der Waals surface area (Å²) in [5, 5.41) is 19.8. The lowest BCUT2D eigenvalue weighted by Crippen LogP contribution is -2.37. The molecule has 2 aliphatic heterocycles. The molecule has 3 aromatic rings. The van der Waals surface area contributed by atoms with Gasteiger partial charge in [-0.3, -0.25) is 4.90 Å². The van der Waals surface area contributed by atoms with Crippen LogP contribution in [0.4, 0.5) is 0 Å². The van der Waals surface area contributed by atoms with Gasteiger partial charge >= 0.3 is 0 Å². The SMILES string of the molecule is CC1=C(c2ccc(O)cc2)C(c2ccc(OCCN3CCCC(C)C3)cc2)Oc2cc(O)ccc21. The smallest absolute Gasteiger partial charge is 0.150 e. The first-order chi connectivity index (χ1) is 17.0. The van der Waals surface area contributed by atoms with Gasteiger partial charge in [0, 0.05) is 30.3 Å². The number of piperidine rings is 1. The molecule has 1 fully saturated rings. The molecule has 0 saturated carbocycles. The van der Waals surface area contributed by atoms with Gasteiger partial charge in [0.1, 0.15) is 35.7 Å². The Balaban J connectivity index is 1.37. The fraction of sp³-hybridized carbons (Fsp3) is 0.333. The first-order valence-electron chi connectivity index (χ1n) is 12.4. The van der Waals surface area contributed by atoms with Crippen molar-refractivity contribution in [3.8, 4) is 23.0 Å². The van der Waals surface area contributed by atoms with Gasteiger partial charge in [0.05, 0.1) is 0 Å². The average Bonchev–Trinajstić information content (AvgIpc) is 2.85.